The first-order valence-electron chi connectivity index (χ1n) is 7.92. The van der Waals surface area contributed by atoms with Crippen molar-refractivity contribution < 1.29 is 0 Å². The van der Waals surface area contributed by atoms with Crippen molar-refractivity contribution in [3.05, 3.63) is 71.9 Å². The van der Waals surface area contributed by atoms with Gasteiger partial charge in [0, 0.05) is 37.4 Å². The molecule has 0 amide bonds. The lowest BCUT2D eigenvalue weighted by atomic mass is 10.1. The Kier molecular flexibility index (Phi) is 7.77. The Labute approximate surface area is 148 Å². The lowest BCUT2D eigenvalue weighted by Crippen LogP contribution is -2.05. The first-order valence-corrected chi connectivity index (χ1v) is 8.97. The maximum Gasteiger partial charge on any atom is 0.0652 e. The molecule has 4 nitrogen and oxygen atoms in total. The largest absolute Gasteiger partial charge is 0.387 e. The summed E-state index contributed by atoms with van der Waals surface area (Å²) >= 11 is 1.71. The van der Waals surface area contributed by atoms with Gasteiger partial charge in [-0.25, -0.2) is 0 Å². The van der Waals surface area contributed by atoms with Crippen molar-refractivity contribution in [2.45, 2.75) is 6.92 Å². The number of hydrogen-bond donors (Lipinski definition) is 3. The number of nitrogens with zero attached hydrogens (tertiary/aromatic N) is 1. The first kappa shape index (κ1) is 17.9. The first-order chi connectivity index (χ1) is 11.8. The fourth-order valence-corrected chi connectivity index (χ4v) is 2.80. The van der Waals surface area contributed by atoms with Crippen LogP contribution in [0.5, 0.6) is 0 Å². The number of rotatable bonds is 9. The van der Waals surface area contributed by atoms with Crippen molar-refractivity contribution in [3.8, 4) is 0 Å². The SMILES string of the molecule is C/C=C/CNc1ccc(/C(=C/SCNc2cccnc2)NC)cc1. The zero-order chi connectivity index (χ0) is 17.0. The molecule has 3 N–H and O–H groups in total. The van der Waals surface area contributed by atoms with Gasteiger partial charge in [0.05, 0.1) is 11.6 Å². The highest BCUT2D eigenvalue weighted by Crippen LogP contribution is 2.19. The van der Waals surface area contributed by atoms with E-state index >= 15 is 0 Å². The van der Waals surface area contributed by atoms with Gasteiger partial charge in [-0.3, -0.25) is 4.98 Å². The van der Waals surface area contributed by atoms with Crippen LogP contribution in [0.4, 0.5) is 11.4 Å². The second kappa shape index (κ2) is 10.4. The van der Waals surface area contributed by atoms with E-state index in [-0.39, 0.29) is 0 Å². The zero-order valence-electron chi connectivity index (χ0n) is 14.1. The van der Waals surface area contributed by atoms with E-state index in [1.54, 1.807) is 18.0 Å². The van der Waals surface area contributed by atoms with E-state index in [1.807, 2.05) is 38.4 Å². The minimum Gasteiger partial charge on any atom is -0.387 e. The van der Waals surface area contributed by atoms with E-state index in [2.05, 4.69) is 56.7 Å². The molecule has 0 bridgehead atoms. The van der Waals surface area contributed by atoms with E-state index in [0.717, 1.165) is 29.5 Å². The topological polar surface area (TPSA) is 49.0 Å². The van der Waals surface area contributed by atoms with Gasteiger partial charge in [0.25, 0.3) is 0 Å². The molecule has 0 aliphatic heterocycles. The van der Waals surface area contributed by atoms with Gasteiger partial charge in [0.1, 0.15) is 0 Å². The summed E-state index contributed by atoms with van der Waals surface area (Å²) in [6.07, 6.45) is 7.73. The van der Waals surface area contributed by atoms with Crippen LogP contribution < -0.4 is 16.0 Å². The number of thioether (sulfide) groups is 1. The summed E-state index contributed by atoms with van der Waals surface area (Å²) in [5.41, 5.74) is 4.43. The summed E-state index contributed by atoms with van der Waals surface area (Å²) in [7, 11) is 1.94. The lowest BCUT2D eigenvalue weighted by molar-refractivity contribution is 1.13. The number of benzene rings is 1. The van der Waals surface area contributed by atoms with E-state index < -0.39 is 0 Å². The number of pyridine rings is 1. The van der Waals surface area contributed by atoms with Crippen LogP contribution in [0, 0.1) is 0 Å². The Morgan fingerprint density at radius 2 is 1.96 bits per heavy atom. The Balaban J connectivity index is 1.87. The molecule has 0 spiro atoms. The van der Waals surface area contributed by atoms with Crippen LogP contribution in [-0.4, -0.2) is 24.5 Å². The number of anilines is 2. The summed E-state index contributed by atoms with van der Waals surface area (Å²) in [4.78, 5) is 4.09. The minimum atomic E-state index is 0.792. The van der Waals surface area contributed by atoms with Gasteiger partial charge in [0.2, 0.25) is 0 Å². The molecule has 24 heavy (non-hydrogen) atoms. The molecule has 1 aromatic carbocycles. The highest BCUT2D eigenvalue weighted by Gasteiger charge is 2.00. The highest BCUT2D eigenvalue weighted by molar-refractivity contribution is 8.02. The lowest BCUT2D eigenvalue weighted by Gasteiger charge is -2.10. The molecular formula is C19H24N4S. The number of nitrogens with one attached hydrogen (secondary N) is 3. The molecule has 0 atom stereocenters. The van der Waals surface area contributed by atoms with E-state index in [0.29, 0.717) is 0 Å². The third-order valence-corrected chi connectivity index (χ3v) is 4.06. The summed E-state index contributed by atoms with van der Waals surface area (Å²) in [5.74, 6) is 0.792. The van der Waals surface area contributed by atoms with Gasteiger partial charge in [-0.05, 0) is 42.2 Å². The molecule has 0 fully saturated rings. The zero-order valence-corrected chi connectivity index (χ0v) is 14.9. The maximum absolute atomic E-state index is 4.09. The normalized spacial score (nSPS) is 11.5. The molecular weight excluding hydrogens is 316 g/mol. The molecule has 2 aromatic rings. The standard InChI is InChI=1S/C19H24N4S/c1-3-4-12-22-17-9-7-16(8-10-17)19(20-2)14-24-15-23-18-6-5-11-21-13-18/h3-11,13-14,20,22-23H,12,15H2,1-2H3/b4-3+,19-14-. The Morgan fingerprint density at radius 1 is 1.12 bits per heavy atom. The average molecular weight is 340 g/mol. The molecule has 5 heteroatoms. The second-order valence-electron chi connectivity index (χ2n) is 5.04. The van der Waals surface area contributed by atoms with Crippen LogP contribution in [0.2, 0.25) is 0 Å². The predicted molar refractivity (Wildman–Crippen MR) is 107 cm³/mol. The van der Waals surface area contributed by atoms with E-state index in [4.69, 9.17) is 0 Å². The Bertz CT molecular complexity index is 651. The van der Waals surface area contributed by atoms with Crippen molar-refractivity contribution in [2.75, 3.05) is 30.1 Å². The van der Waals surface area contributed by atoms with Crippen LogP contribution in [0.25, 0.3) is 5.70 Å². The minimum absolute atomic E-state index is 0.792. The molecule has 0 aliphatic rings. The van der Waals surface area contributed by atoms with Gasteiger partial charge in [-0.2, -0.15) is 0 Å². The van der Waals surface area contributed by atoms with Gasteiger partial charge in [-0.15, -0.1) is 11.8 Å². The Morgan fingerprint density at radius 3 is 2.62 bits per heavy atom. The quantitative estimate of drug-likeness (QED) is 0.359. The van der Waals surface area contributed by atoms with Crippen molar-refractivity contribution in [3.63, 3.8) is 0 Å². The smallest absolute Gasteiger partial charge is 0.0652 e. The van der Waals surface area contributed by atoms with Crippen molar-refractivity contribution in [2.24, 2.45) is 0 Å². The van der Waals surface area contributed by atoms with E-state index in [9.17, 15) is 0 Å². The van der Waals surface area contributed by atoms with Gasteiger partial charge in [0.15, 0.2) is 0 Å². The van der Waals surface area contributed by atoms with Crippen molar-refractivity contribution in [1.29, 1.82) is 0 Å². The molecule has 126 valence electrons. The van der Waals surface area contributed by atoms with Gasteiger partial charge in [-0.1, -0.05) is 24.3 Å². The number of aromatic nitrogens is 1. The highest BCUT2D eigenvalue weighted by atomic mass is 32.2. The molecule has 0 unspecified atom stereocenters. The van der Waals surface area contributed by atoms with E-state index in [1.165, 1.54) is 5.56 Å². The van der Waals surface area contributed by atoms with Gasteiger partial charge < -0.3 is 16.0 Å². The van der Waals surface area contributed by atoms with Crippen LogP contribution in [-0.2, 0) is 0 Å². The molecule has 2 rings (SSSR count). The fourth-order valence-electron chi connectivity index (χ4n) is 2.05. The summed E-state index contributed by atoms with van der Waals surface area (Å²) in [6.45, 7) is 2.87. The predicted octanol–water partition coefficient (Wildman–Crippen LogP) is 4.39. The second-order valence-corrected chi connectivity index (χ2v) is 5.90. The molecule has 0 saturated carbocycles. The third-order valence-electron chi connectivity index (χ3n) is 3.35. The fraction of sp³-hybridized carbons (Fsp3) is 0.211. The summed E-state index contributed by atoms with van der Waals surface area (Å²) in [5, 5.41) is 12.1. The van der Waals surface area contributed by atoms with Crippen LogP contribution in [0.1, 0.15) is 12.5 Å². The Hall–Kier alpha value is -2.40. The molecule has 1 aromatic heterocycles. The monoisotopic (exact) mass is 340 g/mol. The van der Waals surface area contributed by atoms with Gasteiger partial charge >= 0.3 is 0 Å². The third kappa shape index (κ3) is 6.01. The summed E-state index contributed by atoms with van der Waals surface area (Å²) in [6, 6.07) is 12.4. The number of hydrogen-bond acceptors (Lipinski definition) is 5. The molecule has 0 radical (unpaired) electrons. The number of allylic oxidation sites excluding steroid dienone is 1. The van der Waals surface area contributed by atoms with Crippen molar-refractivity contribution in [1.82, 2.24) is 10.3 Å². The maximum atomic E-state index is 4.09. The van der Waals surface area contributed by atoms with Crippen LogP contribution in [0.15, 0.2) is 66.4 Å². The molecule has 1 heterocycles. The average Bonchev–Trinajstić information content (AvgIpc) is 2.64. The molecule has 0 saturated heterocycles. The van der Waals surface area contributed by atoms with Crippen LogP contribution >= 0.6 is 11.8 Å². The van der Waals surface area contributed by atoms with Crippen LogP contribution in [0.3, 0.4) is 0 Å². The van der Waals surface area contributed by atoms with Crippen molar-refractivity contribution >= 4 is 28.8 Å². The summed E-state index contributed by atoms with van der Waals surface area (Å²) < 4.78 is 0. The molecule has 0 aliphatic carbocycles.